The van der Waals surface area contributed by atoms with E-state index in [0.717, 1.165) is 15.4 Å². The summed E-state index contributed by atoms with van der Waals surface area (Å²) in [7, 11) is 0. The van der Waals surface area contributed by atoms with Crippen LogP contribution >= 0.6 is 15.9 Å². The van der Waals surface area contributed by atoms with Crippen LogP contribution in [0.15, 0.2) is 22.8 Å². The van der Waals surface area contributed by atoms with Gasteiger partial charge in [0.2, 0.25) is 0 Å². The van der Waals surface area contributed by atoms with Crippen molar-refractivity contribution < 1.29 is 4.39 Å². The van der Waals surface area contributed by atoms with Crippen LogP contribution in [0.4, 0.5) is 4.39 Å². The summed E-state index contributed by atoms with van der Waals surface area (Å²) >= 11 is 3.33. The first-order chi connectivity index (χ1) is 6.74. The van der Waals surface area contributed by atoms with Crippen LogP contribution < -0.4 is 0 Å². The second-order valence-corrected chi connectivity index (χ2v) is 3.78. The van der Waals surface area contributed by atoms with Crippen molar-refractivity contribution in [3.05, 3.63) is 34.2 Å². The molecule has 2 aromatic rings. The molecule has 0 amide bonds. The third-order valence-corrected chi connectivity index (χ3v) is 2.75. The Morgan fingerprint density at radius 2 is 2.29 bits per heavy atom. The number of halogens is 2. The molecule has 0 aliphatic rings. The van der Waals surface area contributed by atoms with Gasteiger partial charge in [0.1, 0.15) is 5.82 Å². The molecule has 0 aliphatic carbocycles. The zero-order chi connectivity index (χ0) is 10.1. The van der Waals surface area contributed by atoms with Gasteiger partial charge in [-0.1, -0.05) is 15.9 Å². The van der Waals surface area contributed by atoms with Gasteiger partial charge in [0.25, 0.3) is 0 Å². The monoisotopic (exact) mass is 252 g/mol. The number of aromatic nitrogens is 1. The van der Waals surface area contributed by atoms with Gasteiger partial charge in [-0.25, -0.2) is 4.39 Å². The normalized spacial score (nSPS) is 10.4. The summed E-state index contributed by atoms with van der Waals surface area (Å²) in [6, 6.07) is 5.08. The Labute approximate surface area is 88.5 Å². The highest BCUT2D eigenvalue weighted by molar-refractivity contribution is 9.10. The number of fused-ring (bicyclic) bond motifs is 1. The fourth-order valence-electron chi connectivity index (χ4n) is 1.46. The van der Waals surface area contributed by atoms with E-state index in [1.165, 1.54) is 6.07 Å². The van der Waals surface area contributed by atoms with E-state index >= 15 is 0 Å². The molecule has 0 fully saturated rings. The largest absolute Gasteiger partial charge is 0.358 e. The highest BCUT2D eigenvalue weighted by atomic mass is 79.9. The highest BCUT2D eigenvalue weighted by Crippen LogP contribution is 2.28. The van der Waals surface area contributed by atoms with Crippen LogP contribution in [0.3, 0.4) is 0 Å². The lowest BCUT2D eigenvalue weighted by Crippen LogP contribution is -1.81. The maximum absolute atomic E-state index is 13.3. The number of benzene rings is 1. The van der Waals surface area contributed by atoms with Gasteiger partial charge < -0.3 is 4.98 Å². The molecule has 0 saturated carbocycles. The molecule has 1 aromatic carbocycles. The van der Waals surface area contributed by atoms with Crippen molar-refractivity contribution in [3.63, 3.8) is 0 Å². The van der Waals surface area contributed by atoms with Crippen LogP contribution in [-0.4, -0.2) is 4.98 Å². The molecule has 0 bridgehead atoms. The summed E-state index contributed by atoms with van der Waals surface area (Å²) in [5.74, 6) is -0.299. The molecule has 0 aliphatic heterocycles. The lowest BCUT2D eigenvalue weighted by Gasteiger charge is -1.97. The van der Waals surface area contributed by atoms with Gasteiger partial charge in [0, 0.05) is 16.1 Å². The van der Waals surface area contributed by atoms with Crippen molar-refractivity contribution in [2.45, 2.75) is 6.42 Å². The molecule has 70 valence electrons. The Balaban J connectivity index is 2.78. The summed E-state index contributed by atoms with van der Waals surface area (Å²) in [6.07, 6.45) is 1.95. The number of nitrogens with zero attached hydrogens (tertiary/aromatic N) is 1. The average Bonchev–Trinajstić information content (AvgIpc) is 2.58. The summed E-state index contributed by atoms with van der Waals surface area (Å²) < 4.78 is 14.1. The van der Waals surface area contributed by atoms with E-state index in [0.29, 0.717) is 5.52 Å². The Morgan fingerprint density at radius 1 is 1.50 bits per heavy atom. The van der Waals surface area contributed by atoms with Crippen LogP contribution in [0.25, 0.3) is 10.9 Å². The molecular weight excluding hydrogens is 247 g/mol. The number of nitrogens with one attached hydrogen (secondary N) is 1. The molecular formula is C10H6BrFN2. The summed E-state index contributed by atoms with van der Waals surface area (Å²) in [4.78, 5) is 2.83. The maximum atomic E-state index is 13.3. The molecule has 0 saturated heterocycles. The van der Waals surface area contributed by atoms with Gasteiger partial charge in [0.15, 0.2) is 0 Å². The number of hydrogen-bond donors (Lipinski definition) is 1. The maximum Gasteiger partial charge on any atom is 0.147 e. The molecule has 0 spiro atoms. The number of nitriles is 1. The predicted octanol–water partition coefficient (Wildman–Crippen LogP) is 3.14. The minimum atomic E-state index is -0.299. The van der Waals surface area contributed by atoms with Gasteiger partial charge >= 0.3 is 0 Å². The summed E-state index contributed by atoms with van der Waals surface area (Å²) in [6.45, 7) is 0. The predicted molar refractivity (Wildman–Crippen MR) is 55.3 cm³/mol. The zero-order valence-electron chi connectivity index (χ0n) is 7.14. The van der Waals surface area contributed by atoms with E-state index in [1.54, 1.807) is 12.3 Å². The molecule has 1 aromatic heterocycles. The topological polar surface area (TPSA) is 39.6 Å². The second kappa shape index (κ2) is 3.43. The fraction of sp³-hybridized carbons (Fsp3) is 0.100. The van der Waals surface area contributed by atoms with Gasteiger partial charge in [0.05, 0.1) is 18.0 Å². The molecule has 2 nitrogen and oxygen atoms in total. The molecule has 0 atom stereocenters. The quantitative estimate of drug-likeness (QED) is 0.833. The Morgan fingerprint density at radius 3 is 3.00 bits per heavy atom. The minimum Gasteiger partial charge on any atom is -0.358 e. The van der Waals surface area contributed by atoms with Crippen LogP contribution in [0.1, 0.15) is 5.56 Å². The van der Waals surface area contributed by atoms with E-state index in [1.807, 2.05) is 6.07 Å². The zero-order valence-corrected chi connectivity index (χ0v) is 8.73. The van der Waals surface area contributed by atoms with E-state index in [4.69, 9.17) is 5.26 Å². The second-order valence-electron chi connectivity index (χ2n) is 2.93. The number of aromatic amines is 1. The number of hydrogen-bond acceptors (Lipinski definition) is 1. The van der Waals surface area contributed by atoms with Crippen LogP contribution in [-0.2, 0) is 6.42 Å². The molecule has 1 heterocycles. The van der Waals surface area contributed by atoms with E-state index in [9.17, 15) is 4.39 Å². The van der Waals surface area contributed by atoms with Crippen LogP contribution in [0.2, 0.25) is 0 Å². The van der Waals surface area contributed by atoms with Crippen molar-refractivity contribution in [2.24, 2.45) is 0 Å². The number of H-pyrrole nitrogens is 1. The van der Waals surface area contributed by atoms with Crippen LogP contribution in [0.5, 0.6) is 0 Å². The highest BCUT2D eigenvalue weighted by Gasteiger charge is 2.10. The Bertz CT molecular complexity index is 525. The summed E-state index contributed by atoms with van der Waals surface area (Å²) in [5.41, 5.74) is 1.26. The standard InChI is InChI=1S/C10H6BrFN2/c11-7-1-2-8(12)10-9(7)6(3-4-13)5-14-10/h1-2,5,14H,3H2. The minimum absolute atomic E-state index is 0.280. The Kier molecular flexibility index (Phi) is 2.26. The fourth-order valence-corrected chi connectivity index (χ4v) is 2.05. The van der Waals surface area contributed by atoms with Gasteiger partial charge in [-0.05, 0) is 17.7 Å². The van der Waals surface area contributed by atoms with Gasteiger partial charge in [-0.15, -0.1) is 0 Å². The van der Waals surface area contributed by atoms with E-state index in [2.05, 4.69) is 20.9 Å². The molecule has 2 rings (SSSR count). The average molecular weight is 253 g/mol. The van der Waals surface area contributed by atoms with Crippen molar-refractivity contribution in [3.8, 4) is 6.07 Å². The van der Waals surface area contributed by atoms with Gasteiger partial charge in [-0.3, -0.25) is 0 Å². The van der Waals surface area contributed by atoms with Crippen molar-refractivity contribution >= 4 is 26.8 Å². The molecule has 14 heavy (non-hydrogen) atoms. The van der Waals surface area contributed by atoms with Gasteiger partial charge in [-0.2, -0.15) is 5.26 Å². The van der Waals surface area contributed by atoms with Crippen LogP contribution in [0, 0.1) is 17.1 Å². The SMILES string of the molecule is N#CCc1c[nH]c2c(F)ccc(Br)c12. The molecule has 4 heteroatoms. The third kappa shape index (κ3) is 1.30. The van der Waals surface area contributed by atoms with E-state index < -0.39 is 0 Å². The first-order valence-corrected chi connectivity index (χ1v) is 4.84. The lowest BCUT2D eigenvalue weighted by atomic mass is 10.1. The summed E-state index contributed by atoms with van der Waals surface area (Å²) in [5, 5.41) is 9.34. The molecule has 1 N–H and O–H groups in total. The molecule has 0 radical (unpaired) electrons. The number of rotatable bonds is 1. The van der Waals surface area contributed by atoms with E-state index in [-0.39, 0.29) is 12.2 Å². The van der Waals surface area contributed by atoms with Crippen molar-refractivity contribution in [2.75, 3.05) is 0 Å². The smallest absolute Gasteiger partial charge is 0.147 e. The Hall–Kier alpha value is -1.34. The van der Waals surface area contributed by atoms with Crippen molar-refractivity contribution in [1.82, 2.24) is 4.98 Å². The first-order valence-electron chi connectivity index (χ1n) is 4.05. The van der Waals surface area contributed by atoms with Crippen molar-refractivity contribution in [1.29, 1.82) is 5.26 Å². The lowest BCUT2D eigenvalue weighted by molar-refractivity contribution is 0.637. The third-order valence-electron chi connectivity index (χ3n) is 2.09. The first kappa shape index (κ1) is 9.22. The molecule has 0 unspecified atom stereocenters.